The van der Waals surface area contributed by atoms with Gasteiger partial charge in [-0.2, -0.15) is 0 Å². The van der Waals surface area contributed by atoms with Crippen molar-refractivity contribution in [2.45, 2.75) is 37.1 Å². The molecule has 5 nitrogen and oxygen atoms in total. The van der Waals surface area contributed by atoms with E-state index in [1.54, 1.807) is 0 Å². The summed E-state index contributed by atoms with van der Waals surface area (Å²) in [6.45, 7) is 1.95. The molecule has 1 aromatic carbocycles. The summed E-state index contributed by atoms with van der Waals surface area (Å²) >= 11 is 6.29. The van der Waals surface area contributed by atoms with Gasteiger partial charge in [-0.1, -0.05) is 29.8 Å². The van der Waals surface area contributed by atoms with Crippen molar-refractivity contribution in [1.29, 1.82) is 0 Å². The van der Waals surface area contributed by atoms with Crippen LogP contribution in [0.4, 0.5) is 4.79 Å². The molecule has 6 heteroatoms. The molecule has 3 fully saturated rings. The molecule has 2 heterocycles. The van der Waals surface area contributed by atoms with Crippen LogP contribution in [0, 0.1) is 5.92 Å². The number of benzene rings is 1. The highest BCUT2D eigenvalue weighted by Gasteiger charge is 2.53. The number of piperidine rings is 1. The topological polar surface area (TPSA) is 58.6 Å². The van der Waals surface area contributed by atoms with Crippen molar-refractivity contribution in [2.24, 2.45) is 5.92 Å². The Morgan fingerprint density at radius 2 is 1.96 bits per heavy atom. The zero-order chi connectivity index (χ0) is 16.7. The maximum atomic E-state index is 12.7. The van der Waals surface area contributed by atoms with Crippen molar-refractivity contribution in [3.8, 4) is 0 Å². The average Bonchev–Trinajstić information content (AvgIpc) is 2.96. The van der Waals surface area contributed by atoms with Gasteiger partial charge in [0.15, 0.2) is 0 Å². The number of likely N-dealkylation sites (tertiary alicyclic amines) is 1. The van der Waals surface area contributed by atoms with Crippen LogP contribution in [0.3, 0.4) is 0 Å². The Balaban J connectivity index is 1.31. The third kappa shape index (κ3) is 2.75. The van der Waals surface area contributed by atoms with Gasteiger partial charge in [0, 0.05) is 24.0 Å². The van der Waals surface area contributed by atoms with E-state index in [1.807, 2.05) is 23.1 Å². The van der Waals surface area contributed by atoms with Gasteiger partial charge in [-0.3, -0.25) is 4.79 Å². The molecule has 0 atom stereocenters. The van der Waals surface area contributed by atoms with Gasteiger partial charge in [0.2, 0.25) is 5.91 Å². The fourth-order valence-electron chi connectivity index (χ4n) is 4.25. The summed E-state index contributed by atoms with van der Waals surface area (Å²) in [5, 5.41) is 3.66. The van der Waals surface area contributed by atoms with Gasteiger partial charge in [-0.05, 0) is 43.2 Å². The van der Waals surface area contributed by atoms with Crippen molar-refractivity contribution in [1.82, 2.24) is 10.2 Å². The lowest BCUT2D eigenvalue weighted by Gasteiger charge is -2.45. The summed E-state index contributed by atoms with van der Waals surface area (Å²) < 4.78 is 4.97. The van der Waals surface area contributed by atoms with Gasteiger partial charge in [0.25, 0.3) is 0 Å². The summed E-state index contributed by atoms with van der Waals surface area (Å²) in [6.07, 6.45) is 2.94. The molecule has 1 aliphatic carbocycles. The first-order valence-electron chi connectivity index (χ1n) is 8.54. The van der Waals surface area contributed by atoms with Crippen LogP contribution in [0.5, 0.6) is 0 Å². The minimum atomic E-state index is -0.360. The van der Waals surface area contributed by atoms with E-state index < -0.39 is 0 Å². The quantitative estimate of drug-likeness (QED) is 0.894. The Bertz CT molecular complexity index is 664. The van der Waals surface area contributed by atoms with Gasteiger partial charge < -0.3 is 15.0 Å². The second-order valence-corrected chi connectivity index (χ2v) is 7.61. The highest BCUT2D eigenvalue weighted by atomic mass is 35.5. The van der Waals surface area contributed by atoms with E-state index in [2.05, 4.69) is 11.4 Å². The molecule has 0 aromatic heterocycles. The molecule has 1 spiro atoms. The molecule has 0 bridgehead atoms. The van der Waals surface area contributed by atoms with Gasteiger partial charge in [0.05, 0.1) is 5.54 Å². The van der Waals surface area contributed by atoms with Crippen LogP contribution in [0.2, 0.25) is 5.02 Å². The second-order valence-electron chi connectivity index (χ2n) is 7.21. The van der Waals surface area contributed by atoms with Crippen LogP contribution in [0.15, 0.2) is 24.3 Å². The van der Waals surface area contributed by atoms with Crippen LogP contribution in [0.1, 0.15) is 37.2 Å². The standard InChI is InChI=1S/C18H21ClN2O3/c19-15-4-2-1-3-14(15)12-5-7-21(8-6-12)16(22)13-9-18(10-13)11-24-17(23)20-18/h1-4,12-13H,5-11H2,(H,20,23)/t13-,18+. The molecule has 1 aromatic rings. The summed E-state index contributed by atoms with van der Waals surface area (Å²) in [5.74, 6) is 0.668. The Morgan fingerprint density at radius 3 is 2.58 bits per heavy atom. The molecule has 1 N–H and O–H groups in total. The molecule has 0 unspecified atom stereocenters. The van der Waals surface area contributed by atoms with Crippen LogP contribution in [0.25, 0.3) is 0 Å². The van der Waals surface area contributed by atoms with E-state index in [9.17, 15) is 9.59 Å². The molecule has 0 radical (unpaired) electrons. The number of hydrogen-bond acceptors (Lipinski definition) is 3. The zero-order valence-electron chi connectivity index (χ0n) is 13.5. The predicted molar refractivity (Wildman–Crippen MR) is 89.9 cm³/mol. The van der Waals surface area contributed by atoms with Crippen molar-refractivity contribution in [2.75, 3.05) is 19.7 Å². The molecule has 2 amide bonds. The Hall–Kier alpha value is -1.75. The number of carbonyl (C=O) groups excluding carboxylic acids is 2. The third-order valence-corrected chi connectivity index (χ3v) is 5.97. The fraction of sp³-hybridized carbons (Fsp3) is 0.556. The molecule has 2 aliphatic heterocycles. The zero-order valence-corrected chi connectivity index (χ0v) is 14.2. The van der Waals surface area contributed by atoms with Gasteiger partial charge >= 0.3 is 6.09 Å². The number of nitrogens with zero attached hydrogens (tertiary/aromatic N) is 1. The highest BCUT2D eigenvalue weighted by Crippen LogP contribution is 2.42. The third-order valence-electron chi connectivity index (χ3n) is 5.62. The lowest BCUT2D eigenvalue weighted by Crippen LogP contribution is -2.58. The van der Waals surface area contributed by atoms with Crippen LogP contribution in [-0.4, -0.2) is 42.1 Å². The van der Waals surface area contributed by atoms with Crippen LogP contribution < -0.4 is 5.32 Å². The number of ether oxygens (including phenoxy) is 1. The van der Waals surface area contributed by atoms with E-state index >= 15 is 0 Å². The smallest absolute Gasteiger partial charge is 0.407 e. The fourth-order valence-corrected chi connectivity index (χ4v) is 4.54. The second kappa shape index (κ2) is 5.96. The summed E-state index contributed by atoms with van der Waals surface area (Å²) in [5.41, 5.74) is 0.910. The van der Waals surface area contributed by atoms with E-state index in [-0.39, 0.29) is 23.5 Å². The Labute approximate surface area is 146 Å². The number of cyclic esters (lactones) is 1. The van der Waals surface area contributed by atoms with Gasteiger partial charge in [-0.25, -0.2) is 4.79 Å². The Morgan fingerprint density at radius 1 is 1.25 bits per heavy atom. The van der Waals surface area contributed by atoms with Crippen molar-refractivity contribution in [3.05, 3.63) is 34.9 Å². The number of alkyl carbamates (subject to hydrolysis) is 1. The first-order chi connectivity index (χ1) is 11.6. The first-order valence-corrected chi connectivity index (χ1v) is 8.92. The number of hydrogen-bond donors (Lipinski definition) is 1. The van der Waals surface area contributed by atoms with Crippen LogP contribution in [-0.2, 0) is 9.53 Å². The van der Waals surface area contributed by atoms with Crippen LogP contribution >= 0.6 is 11.6 Å². The minimum Gasteiger partial charge on any atom is -0.447 e. The minimum absolute atomic E-state index is 0.0175. The molecule has 4 rings (SSSR count). The molecule has 3 aliphatic rings. The summed E-state index contributed by atoms with van der Waals surface area (Å²) in [7, 11) is 0. The lowest BCUT2D eigenvalue weighted by molar-refractivity contribution is -0.142. The number of rotatable bonds is 2. The maximum Gasteiger partial charge on any atom is 0.407 e. The summed E-state index contributed by atoms with van der Waals surface area (Å²) in [6, 6.07) is 7.98. The maximum absolute atomic E-state index is 12.7. The SMILES string of the molecule is O=C1N[C@]2(CO1)C[C@H](C(=O)N1CCC(c3ccccc3Cl)CC1)C2. The molecule has 2 saturated heterocycles. The van der Waals surface area contributed by atoms with Crippen molar-refractivity contribution >= 4 is 23.6 Å². The molecular weight excluding hydrogens is 328 g/mol. The van der Waals surface area contributed by atoms with Gasteiger partial charge in [0.1, 0.15) is 6.61 Å². The number of halogens is 1. The average molecular weight is 349 g/mol. The highest BCUT2D eigenvalue weighted by molar-refractivity contribution is 6.31. The van der Waals surface area contributed by atoms with E-state index in [0.717, 1.165) is 31.0 Å². The number of nitrogens with one attached hydrogen (secondary N) is 1. The summed E-state index contributed by atoms with van der Waals surface area (Å²) in [4.78, 5) is 25.8. The van der Waals surface area contributed by atoms with E-state index in [4.69, 9.17) is 16.3 Å². The molecule has 24 heavy (non-hydrogen) atoms. The Kier molecular flexibility index (Phi) is 3.91. The number of carbonyl (C=O) groups is 2. The number of amides is 2. The van der Waals surface area contributed by atoms with E-state index in [0.29, 0.717) is 25.4 Å². The molecule has 1 saturated carbocycles. The van der Waals surface area contributed by atoms with Crippen molar-refractivity contribution < 1.29 is 14.3 Å². The molecule has 128 valence electrons. The largest absolute Gasteiger partial charge is 0.447 e. The van der Waals surface area contributed by atoms with Crippen molar-refractivity contribution in [3.63, 3.8) is 0 Å². The lowest BCUT2D eigenvalue weighted by atomic mass is 9.68. The predicted octanol–water partition coefficient (Wildman–Crippen LogP) is 2.93. The monoisotopic (exact) mass is 348 g/mol. The first kappa shape index (κ1) is 15.8. The van der Waals surface area contributed by atoms with Gasteiger partial charge in [-0.15, -0.1) is 0 Å². The molecular formula is C18H21ClN2O3. The van der Waals surface area contributed by atoms with E-state index in [1.165, 1.54) is 5.56 Å². The normalized spacial score (nSPS) is 30.0.